The van der Waals surface area contributed by atoms with Crippen molar-refractivity contribution in [3.05, 3.63) is 51.5 Å². The second-order valence-electron chi connectivity index (χ2n) is 7.14. The Hall–Kier alpha value is -1.68. The van der Waals surface area contributed by atoms with Gasteiger partial charge in [0.1, 0.15) is 16.7 Å². The molecule has 164 valence electrons. The van der Waals surface area contributed by atoms with E-state index in [1.54, 1.807) is 0 Å². The molecule has 1 atom stereocenters. The van der Waals surface area contributed by atoms with Crippen LogP contribution in [0.25, 0.3) is 0 Å². The average molecular weight is 483 g/mol. The van der Waals surface area contributed by atoms with Crippen molar-refractivity contribution in [2.24, 2.45) is 0 Å². The summed E-state index contributed by atoms with van der Waals surface area (Å²) in [6.45, 7) is 2.70. The van der Waals surface area contributed by atoms with Gasteiger partial charge in [-0.2, -0.15) is 13.2 Å². The molecule has 1 aliphatic heterocycles. The van der Waals surface area contributed by atoms with Gasteiger partial charge in [0, 0.05) is 24.2 Å². The van der Waals surface area contributed by atoms with E-state index in [4.69, 9.17) is 27.9 Å². The van der Waals surface area contributed by atoms with Gasteiger partial charge in [0.15, 0.2) is 0 Å². The zero-order chi connectivity index (χ0) is 22.3. The number of likely N-dealkylation sites (tertiary alicyclic amines) is 1. The minimum Gasteiger partial charge on any atom is -0.488 e. The van der Waals surface area contributed by atoms with Crippen molar-refractivity contribution in [2.75, 3.05) is 24.9 Å². The summed E-state index contributed by atoms with van der Waals surface area (Å²) in [6, 6.07) is 5.58. The molecule has 1 heterocycles. The van der Waals surface area contributed by atoms with Gasteiger partial charge >= 0.3 is 6.18 Å². The SMILES string of the molecule is Cc1cc(Cl)cc(Cl)c1S(=O)(=O)Nc1ccc(C(F)(F)F)c(OC2CCN(C)C2)c1. The molecule has 0 saturated carbocycles. The number of sulfonamides is 1. The van der Waals surface area contributed by atoms with E-state index in [1.165, 1.54) is 19.1 Å². The quantitative estimate of drug-likeness (QED) is 0.635. The number of likely N-dealkylation sites (N-methyl/N-ethyl adjacent to an activating group) is 1. The molecule has 0 bridgehead atoms. The molecule has 5 nitrogen and oxygen atoms in total. The van der Waals surface area contributed by atoms with Crippen molar-refractivity contribution in [3.8, 4) is 5.75 Å². The van der Waals surface area contributed by atoms with Gasteiger partial charge in [-0.1, -0.05) is 23.2 Å². The summed E-state index contributed by atoms with van der Waals surface area (Å²) < 4.78 is 73.8. The Labute approximate surface area is 182 Å². The van der Waals surface area contributed by atoms with Crippen LogP contribution in [0.15, 0.2) is 35.2 Å². The van der Waals surface area contributed by atoms with E-state index in [9.17, 15) is 21.6 Å². The number of rotatable bonds is 5. The molecule has 3 rings (SSSR count). The number of nitrogens with zero attached hydrogens (tertiary/aromatic N) is 1. The zero-order valence-corrected chi connectivity index (χ0v) is 18.4. The van der Waals surface area contributed by atoms with Gasteiger partial charge in [-0.25, -0.2) is 8.42 Å². The molecular weight excluding hydrogens is 464 g/mol. The second kappa shape index (κ2) is 8.45. The molecule has 0 radical (unpaired) electrons. The van der Waals surface area contributed by atoms with E-state index in [0.29, 0.717) is 25.1 Å². The highest BCUT2D eigenvalue weighted by molar-refractivity contribution is 7.92. The van der Waals surface area contributed by atoms with Crippen molar-refractivity contribution in [1.29, 1.82) is 0 Å². The summed E-state index contributed by atoms with van der Waals surface area (Å²) in [7, 11) is -2.33. The van der Waals surface area contributed by atoms with Gasteiger partial charge in [-0.15, -0.1) is 0 Å². The van der Waals surface area contributed by atoms with Gasteiger partial charge in [0.2, 0.25) is 0 Å². The Balaban J connectivity index is 1.95. The molecule has 1 saturated heterocycles. The predicted molar refractivity (Wildman–Crippen MR) is 110 cm³/mol. The Bertz CT molecular complexity index is 1040. The Morgan fingerprint density at radius 3 is 2.47 bits per heavy atom. The topological polar surface area (TPSA) is 58.6 Å². The first-order valence-corrected chi connectivity index (χ1v) is 11.2. The van der Waals surface area contributed by atoms with Crippen LogP contribution in [-0.4, -0.2) is 39.6 Å². The van der Waals surface area contributed by atoms with E-state index >= 15 is 0 Å². The van der Waals surface area contributed by atoms with Gasteiger partial charge < -0.3 is 9.64 Å². The lowest BCUT2D eigenvalue weighted by atomic mass is 10.1. The van der Waals surface area contributed by atoms with Crippen molar-refractivity contribution in [3.63, 3.8) is 0 Å². The van der Waals surface area contributed by atoms with Crippen LogP contribution >= 0.6 is 23.2 Å². The number of hydrogen-bond acceptors (Lipinski definition) is 4. The maximum atomic E-state index is 13.4. The number of hydrogen-bond donors (Lipinski definition) is 1. The molecule has 0 aromatic heterocycles. The highest BCUT2D eigenvalue weighted by atomic mass is 35.5. The van der Waals surface area contributed by atoms with Crippen LogP contribution in [0, 0.1) is 6.92 Å². The molecule has 0 spiro atoms. The van der Waals surface area contributed by atoms with Crippen molar-refractivity contribution in [1.82, 2.24) is 4.90 Å². The highest BCUT2D eigenvalue weighted by Gasteiger charge is 2.36. The van der Waals surface area contributed by atoms with E-state index in [0.717, 1.165) is 18.2 Å². The number of nitrogens with one attached hydrogen (secondary N) is 1. The fraction of sp³-hybridized carbons (Fsp3) is 0.368. The predicted octanol–water partition coefficient (Wildman–Crippen LogP) is 5.20. The Kier molecular flexibility index (Phi) is 6.48. The zero-order valence-electron chi connectivity index (χ0n) is 16.1. The largest absolute Gasteiger partial charge is 0.488 e. The van der Waals surface area contributed by atoms with Crippen LogP contribution in [0.1, 0.15) is 17.5 Å². The summed E-state index contributed by atoms with van der Waals surface area (Å²) in [5, 5.41) is 0.174. The maximum Gasteiger partial charge on any atom is 0.419 e. The lowest BCUT2D eigenvalue weighted by molar-refractivity contribution is -0.139. The molecule has 0 amide bonds. The average Bonchev–Trinajstić information content (AvgIpc) is 2.97. The first kappa shape index (κ1) is 23.0. The number of benzene rings is 2. The summed E-state index contributed by atoms with van der Waals surface area (Å²) in [5.74, 6) is -0.429. The smallest absolute Gasteiger partial charge is 0.419 e. The van der Waals surface area contributed by atoms with Crippen molar-refractivity contribution >= 4 is 38.9 Å². The monoisotopic (exact) mass is 482 g/mol. The molecule has 2 aromatic carbocycles. The summed E-state index contributed by atoms with van der Waals surface area (Å²) in [6.07, 6.45) is -4.49. The van der Waals surface area contributed by atoms with Crippen LogP contribution in [0.4, 0.5) is 18.9 Å². The maximum absolute atomic E-state index is 13.4. The van der Waals surface area contributed by atoms with Crippen LogP contribution in [0.3, 0.4) is 0 Å². The second-order valence-corrected chi connectivity index (χ2v) is 9.60. The van der Waals surface area contributed by atoms with Gasteiger partial charge in [0.25, 0.3) is 10.0 Å². The van der Waals surface area contributed by atoms with Crippen molar-refractivity contribution in [2.45, 2.75) is 30.5 Å². The van der Waals surface area contributed by atoms with Crippen LogP contribution in [-0.2, 0) is 16.2 Å². The lowest BCUT2D eigenvalue weighted by Gasteiger charge is -2.20. The standard InChI is InChI=1S/C19H19Cl2F3N2O3S/c1-11-7-12(20)8-16(21)18(11)30(27,28)25-13-3-4-15(19(22,23)24)17(9-13)29-14-5-6-26(2)10-14/h3-4,7-9,14,25H,5-6,10H2,1-2H3. The molecule has 1 N–H and O–H groups in total. The summed E-state index contributed by atoms with van der Waals surface area (Å²) in [4.78, 5) is 1.74. The fourth-order valence-electron chi connectivity index (χ4n) is 3.32. The summed E-state index contributed by atoms with van der Waals surface area (Å²) >= 11 is 11.9. The number of anilines is 1. The Morgan fingerprint density at radius 2 is 1.90 bits per heavy atom. The van der Waals surface area contributed by atoms with E-state index in [2.05, 4.69) is 4.72 Å². The van der Waals surface area contributed by atoms with Crippen LogP contribution < -0.4 is 9.46 Å². The van der Waals surface area contributed by atoms with Gasteiger partial charge in [-0.05, 0) is 50.2 Å². The van der Waals surface area contributed by atoms with Gasteiger partial charge in [-0.3, -0.25) is 4.72 Å². The molecule has 2 aromatic rings. The molecule has 11 heteroatoms. The normalized spacial score (nSPS) is 17.9. The third-order valence-corrected chi connectivity index (χ3v) is 6.86. The number of alkyl halides is 3. The third-order valence-electron chi connectivity index (χ3n) is 4.64. The number of ether oxygens (including phenoxy) is 1. The minimum atomic E-state index is -4.65. The molecule has 1 unspecified atom stereocenters. The van der Waals surface area contributed by atoms with Crippen LogP contribution in [0.2, 0.25) is 10.0 Å². The highest BCUT2D eigenvalue weighted by Crippen LogP contribution is 2.39. The number of halogens is 5. The van der Waals surface area contributed by atoms with E-state index in [-0.39, 0.29) is 20.6 Å². The van der Waals surface area contributed by atoms with Gasteiger partial charge in [0.05, 0.1) is 16.3 Å². The van der Waals surface area contributed by atoms with E-state index < -0.39 is 33.6 Å². The first-order chi connectivity index (χ1) is 13.9. The first-order valence-electron chi connectivity index (χ1n) is 8.92. The van der Waals surface area contributed by atoms with Crippen molar-refractivity contribution < 1.29 is 26.3 Å². The minimum absolute atomic E-state index is 0.0743. The third kappa shape index (κ3) is 5.14. The lowest BCUT2D eigenvalue weighted by Crippen LogP contribution is -2.23. The molecular formula is C19H19Cl2F3N2O3S. The van der Waals surface area contributed by atoms with Crippen LogP contribution in [0.5, 0.6) is 5.75 Å². The van der Waals surface area contributed by atoms with E-state index in [1.807, 2.05) is 11.9 Å². The molecule has 1 fully saturated rings. The molecule has 0 aliphatic carbocycles. The summed E-state index contributed by atoms with van der Waals surface area (Å²) in [5.41, 5.74) is -0.743. The molecule has 1 aliphatic rings. The number of aryl methyl sites for hydroxylation is 1. The molecule has 30 heavy (non-hydrogen) atoms. The Morgan fingerprint density at radius 1 is 1.20 bits per heavy atom. The fourth-order valence-corrected chi connectivity index (χ4v) is 5.56.